The molecule has 0 radical (unpaired) electrons. The van der Waals surface area contributed by atoms with E-state index in [1.54, 1.807) is 23.1 Å². The number of amides is 1. The van der Waals surface area contributed by atoms with Crippen molar-refractivity contribution in [3.05, 3.63) is 65.6 Å². The summed E-state index contributed by atoms with van der Waals surface area (Å²) in [5, 5.41) is 7.33. The molecule has 7 heteroatoms. The summed E-state index contributed by atoms with van der Waals surface area (Å²) in [7, 11) is 1.85. The molecule has 3 aromatic rings. The minimum atomic E-state index is -0.211. The van der Waals surface area contributed by atoms with Crippen LogP contribution in [0.2, 0.25) is 0 Å². The highest BCUT2D eigenvalue weighted by atomic mass is 16.5. The number of aromatic nitrogens is 3. The predicted octanol–water partition coefficient (Wildman–Crippen LogP) is 3.81. The Hall–Kier alpha value is -3.19. The Labute approximate surface area is 188 Å². The van der Waals surface area contributed by atoms with Gasteiger partial charge in [-0.2, -0.15) is 5.10 Å². The second kappa shape index (κ2) is 8.74. The number of rotatable bonds is 7. The Morgan fingerprint density at radius 2 is 2.06 bits per heavy atom. The minimum Gasteiger partial charge on any atom is -0.383 e. The van der Waals surface area contributed by atoms with Crippen LogP contribution in [0.5, 0.6) is 0 Å². The number of nitrogens with zero attached hydrogens (tertiary/aromatic N) is 3. The van der Waals surface area contributed by atoms with Crippen LogP contribution in [0, 0.1) is 0 Å². The van der Waals surface area contributed by atoms with E-state index >= 15 is 0 Å². The summed E-state index contributed by atoms with van der Waals surface area (Å²) in [6.07, 6.45) is 10.7. The number of hydrogen-bond donors (Lipinski definition) is 2. The molecule has 166 valence electrons. The zero-order chi connectivity index (χ0) is 22.1. The van der Waals surface area contributed by atoms with Gasteiger partial charge in [0.1, 0.15) is 5.82 Å². The molecule has 2 atom stereocenters. The third kappa shape index (κ3) is 4.53. The van der Waals surface area contributed by atoms with E-state index in [0.29, 0.717) is 12.2 Å². The Morgan fingerprint density at radius 1 is 1.19 bits per heavy atom. The number of nitrogen functional groups attached to an aromatic ring is 1. The first-order valence-corrected chi connectivity index (χ1v) is 11.3. The third-order valence-corrected chi connectivity index (χ3v) is 6.43. The van der Waals surface area contributed by atoms with Crippen LogP contribution in [-0.2, 0) is 18.4 Å². The molecule has 7 nitrogen and oxygen atoms in total. The van der Waals surface area contributed by atoms with Gasteiger partial charge in [0, 0.05) is 30.6 Å². The summed E-state index contributed by atoms with van der Waals surface area (Å²) in [4.78, 5) is 17.3. The van der Waals surface area contributed by atoms with Crippen molar-refractivity contribution in [2.24, 2.45) is 7.05 Å². The van der Waals surface area contributed by atoms with Gasteiger partial charge in [-0.25, -0.2) is 4.98 Å². The second-order valence-electron chi connectivity index (χ2n) is 8.94. The number of nitrogens with one attached hydrogen (secondary N) is 1. The van der Waals surface area contributed by atoms with E-state index in [1.165, 1.54) is 24.0 Å². The molecular formula is C25H29N5O2. The van der Waals surface area contributed by atoms with Crippen LogP contribution in [0.25, 0.3) is 11.1 Å². The van der Waals surface area contributed by atoms with Gasteiger partial charge in [0.05, 0.1) is 30.5 Å². The van der Waals surface area contributed by atoms with Crippen molar-refractivity contribution in [1.29, 1.82) is 0 Å². The molecule has 2 aliphatic carbocycles. The van der Waals surface area contributed by atoms with Gasteiger partial charge < -0.3 is 15.8 Å². The molecule has 1 amide bonds. The number of carbonyl (C=O) groups excluding carboxylic acids is 1. The fraction of sp³-hybridized carbons (Fsp3) is 0.400. The van der Waals surface area contributed by atoms with Crippen LogP contribution < -0.4 is 11.1 Å². The molecule has 32 heavy (non-hydrogen) atoms. The number of pyridine rings is 1. The van der Waals surface area contributed by atoms with E-state index in [2.05, 4.69) is 39.7 Å². The number of carbonyl (C=O) groups is 1. The molecule has 3 N–H and O–H groups in total. The van der Waals surface area contributed by atoms with Crippen molar-refractivity contribution in [2.75, 3.05) is 5.73 Å². The summed E-state index contributed by atoms with van der Waals surface area (Å²) in [6.45, 7) is 0.567. The SMILES string of the molecule is Cn1cc(-c2cnc(N)c(C(=O)N[C@H]3CCC[C@@H]3OCc3cccc(C4CC4)c3)c2)cn1. The fourth-order valence-electron chi connectivity index (χ4n) is 4.48. The van der Waals surface area contributed by atoms with E-state index in [-0.39, 0.29) is 23.9 Å². The maximum Gasteiger partial charge on any atom is 0.255 e. The maximum absolute atomic E-state index is 13.0. The minimum absolute atomic E-state index is 0.000721. The van der Waals surface area contributed by atoms with Gasteiger partial charge in [-0.15, -0.1) is 0 Å². The molecule has 2 saturated carbocycles. The molecule has 1 aromatic carbocycles. The fourth-order valence-corrected chi connectivity index (χ4v) is 4.48. The molecule has 2 heterocycles. The highest BCUT2D eigenvalue weighted by Gasteiger charge is 2.30. The lowest BCUT2D eigenvalue weighted by molar-refractivity contribution is 0.0272. The summed E-state index contributed by atoms with van der Waals surface area (Å²) in [5.74, 6) is 0.745. The molecule has 0 saturated heterocycles. The van der Waals surface area contributed by atoms with Gasteiger partial charge in [0.15, 0.2) is 0 Å². The van der Waals surface area contributed by atoms with Gasteiger partial charge >= 0.3 is 0 Å². The Morgan fingerprint density at radius 3 is 2.84 bits per heavy atom. The first-order valence-electron chi connectivity index (χ1n) is 11.3. The lowest BCUT2D eigenvalue weighted by atomic mass is 10.1. The van der Waals surface area contributed by atoms with Gasteiger partial charge in [0.2, 0.25) is 0 Å². The number of anilines is 1. The van der Waals surface area contributed by atoms with Crippen LogP contribution in [0.4, 0.5) is 5.82 Å². The number of aryl methyl sites for hydroxylation is 1. The van der Waals surface area contributed by atoms with Crippen LogP contribution in [0.1, 0.15) is 59.5 Å². The first kappa shape index (κ1) is 20.7. The topological polar surface area (TPSA) is 95.1 Å². The van der Waals surface area contributed by atoms with Gasteiger partial charge in [-0.1, -0.05) is 24.3 Å². The van der Waals surface area contributed by atoms with Crippen molar-refractivity contribution in [3.63, 3.8) is 0 Å². The smallest absolute Gasteiger partial charge is 0.255 e. The lowest BCUT2D eigenvalue weighted by Crippen LogP contribution is -2.41. The molecule has 0 unspecified atom stereocenters. The summed E-state index contributed by atoms with van der Waals surface area (Å²) < 4.78 is 7.96. The Bertz CT molecular complexity index is 1120. The van der Waals surface area contributed by atoms with Crippen molar-refractivity contribution in [2.45, 2.75) is 56.8 Å². The first-order chi connectivity index (χ1) is 15.6. The number of ether oxygens (including phenoxy) is 1. The second-order valence-corrected chi connectivity index (χ2v) is 8.94. The van der Waals surface area contributed by atoms with E-state index in [0.717, 1.165) is 36.3 Å². The molecule has 0 spiro atoms. The molecule has 0 aliphatic heterocycles. The maximum atomic E-state index is 13.0. The average Bonchev–Trinajstić information content (AvgIpc) is 3.42. The highest BCUT2D eigenvalue weighted by Crippen LogP contribution is 2.40. The largest absolute Gasteiger partial charge is 0.383 e. The van der Waals surface area contributed by atoms with Crippen LogP contribution in [0.15, 0.2) is 48.9 Å². The molecule has 5 rings (SSSR count). The number of hydrogen-bond acceptors (Lipinski definition) is 5. The van der Waals surface area contributed by atoms with Gasteiger partial charge in [0.25, 0.3) is 5.91 Å². The Balaban J connectivity index is 1.24. The van der Waals surface area contributed by atoms with Crippen LogP contribution in [0.3, 0.4) is 0 Å². The quantitative estimate of drug-likeness (QED) is 0.593. The predicted molar refractivity (Wildman–Crippen MR) is 123 cm³/mol. The lowest BCUT2D eigenvalue weighted by Gasteiger charge is -2.22. The molecule has 2 aromatic heterocycles. The summed E-state index contributed by atoms with van der Waals surface area (Å²) in [6, 6.07) is 10.4. The zero-order valence-corrected chi connectivity index (χ0v) is 18.3. The Kier molecular flexibility index (Phi) is 5.66. The van der Waals surface area contributed by atoms with Crippen molar-refractivity contribution in [3.8, 4) is 11.1 Å². The van der Waals surface area contributed by atoms with Gasteiger partial charge in [-0.3, -0.25) is 9.48 Å². The third-order valence-electron chi connectivity index (χ3n) is 6.43. The number of benzene rings is 1. The summed E-state index contributed by atoms with van der Waals surface area (Å²) in [5.41, 5.74) is 10.7. The average molecular weight is 432 g/mol. The molecule has 2 fully saturated rings. The van der Waals surface area contributed by atoms with E-state index in [4.69, 9.17) is 10.5 Å². The molecule has 0 bridgehead atoms. The van der Waals surface area contributed by atoms with Crippen molar-refractivity contribution in [1.82, 2.24) is 20.1 Å². The van der Waals surface area contributed by atoms with Gasteiger partial charge in [-0.05, 0) is 55.2 Å². The van der Waals surface area contributed by atoms with E-state index in [9.17, 15) is 4.79 Å². The molecule has 2 aliphatic rings. The van der Waals surface area contributed by atoms with Crippen LogP contribution >= 0.6 is 0 Å². The monoisotopic (exact) mass is 431 g/mol. The van der Waals surface area contributed by atoms with E-state index in [1.807, 2.05) is 13.2 Å². The number of nitrogens with two attached hydrogens (primary N) is 1. The van der Waals surface area contributed by atoms with Crippen LogP contribution in [-0.4, -0.2) is 32.8 Å². The zero-order valence-electron chi connectivity index (χ0n) is 18.3. The normalized spacial score (nSPS) is 20.4. The van der Waals surface area contributed by atoms with Crippen molar-refractivity contribution < 1.29 is 9.53 Å². The highest BCUT2D eigenvalue weighted by molar-refractivity contribution is 5.99. The van der Waals surface area contributed by atoms with Crippen molar-refractivity contribution >= 4 is 11.7 Å². The summed E-state index contributed by atoms with van der Waals surface area (Å²) >= 11 is 0. The molecular weight excluding hydrogens is 402 g/mol. The van der Waals surface area contributed by atoms with E-state index < -0.39 is 0 Å². The standard InChI is InChI=1S/C25H29N5O2/c1-30-14-20(13-28-30)19-11-21(24(26)27-12-19)25(31)29-22-6-3-7-23(22)32-15-16-4-2-5-18(10-16)17-8-9-17/h2,4-5,10-14,17,22-23H,3,6-9,15H2,1H3,(H2,26,27)(H,29,31)/t22-,23-/m0/s1.